The van der Waals surface area contributed by atoms with Gasteiger partial charge >= 0.3 is 5.97 Å². The second-order valence-corrected chi connectivity index (χ2v) is 5.49. The first-order valence-electron chi connectivity index (χ1n) is 6.01. The molecule has 6 nitrogen and oxygen atoms in total. The zero-order chi connectivity index (χ0) is 14.7. The summed E-state index contributed by atoms with van der Waals surface area (Å²) in [5, 5.41) is 9.93. The largest absolute Gasteiger partial charge is 0.507 e. The van der Waals surface area contributed by atoms with Crippen molar-refractivity contribution in [3.05, 3.63) is 27.3 Å². The zero-order valence-corrected chi connectivity index (χ0v) is 12.6. The molecule has 1 aliphatic rings. The molecule has 1 N–H and O–H groups in total. The fraction of sp³-hybridized carbons (Fsp3) is 0.308. The van der Waals surface area contributed by atoms with Gasteiger partial charge in [-0.3, -0.25) is 9.59 Å². The summed E-state index contributed by atoms with van der Waals surface area (Å²) < 4.78 is 0.693. The lowest BCUT2D eigenvalue weighted by molar-refractivity contribution is -0.197. The van der Waals surface area contributed by atoms with Crippen LogP contribution in [-0.2, 0) is 25.6 Å². The van der Waals surface area contributed by atoms with E-state index in [0.717, 1.165) is 5.56 Å². The summed E-state index contributed by atoms with van der Waals surface area (Å²) >= 11 is 1.99. The normalized spacial score (nSPS) is 14.8. The number of carbonyl (C=O) groups is 3. The molecule has 1 fully saturated rings. The van der Waals surface area contributed by atoms with Crippen LogP contribution in [0.15, 0.2) is 18.2 Å². The number of benzene rings is 1. The van der Waals surface area contributed by atoms with Gasteiger partial charge in [0.2, 0.25) is 0 Å². The highest BCUT2D eigenvalue weighted by atomic mass is 125. The van der Waals surface area contributed by atoms with Crippen LogP contribution in [0.4, 0.5) is 0 Å². The molecule has 2 rings (SSSR count). The number of phenolic OH excluding ortho intramolecular Hbond substituents is 1. The summed E-state index contributed by atoms with van der Waals surface area (Å²) in [5.41, 5.74) is 0.864. The van der Waals surface area contributed by atoms with Crippen LogP contribution in [0.1, 0.15) is 24.8 Å². The Morgan fingerprint density at radius 3 is 2.55 bits per heavy atom. The average molecular weight is 387 g/mol. The molecule has 20 heavy (non-hydrogen) atoms. The Balaban J connectivity index is 1.87. The summed E-state index contributed by atoms with van der Waals surface area (Å²) in [6.45, 7) is 0. The quantitative estimate of drug-likeness (QED) is 0.626. The minimum Gasteiger partial charge on any atom is -0.507 e. The monoisotopic (exact) mass is 387 g/mol. The summed E-state index contributed by atoms with van der Waals surface area (Å²) in [7, 11) is 0. The fourth-order valence-electron chi connectivity index (χ4n) is 1.76. The number of aromatic hydroxyl groups is 1. The van der Waals surface area contributed by atoms with E-state index in [1.54, 1.807) is 18.2 Å². The first-order chi connectivity index (χ1) is 9.47. The van der Waals surface area contributed by atoms with E-state index in [1.165, 1.54) is 0 Å². The Morgan fingerprint density at radius 1 is 1.30 bits per heavy atom. The zero-order valence-electron chi connectivity index (χ0n) is 10.5. The number of hydrogen-bond acceptors (Lipinski definition) is 5. The van der Waals surface area contributed by atoms with Crippen LogP contribution in [0.25, 0.3) is 0 Å². The highest BCUT2D eigenvalue weighted by Crippen LogP contribution is 2.21. The highest BCUT2D eigenvalue weighted by Gasteiger charge is 2.32. The molecule has 0 saturated carbocycles. The van der Waals surface area contributed by atoms with Crippen molar-refractivity contribution in [2.75, 3.05) is 0 Å². The maximum atomic E-state index is 11.6. The lowest BCUT2D eigenvalue weighted by Crippen LogP contribution is -2.32. The van der Waals surface area contributed by atoms with Crippen LogP contribution in [0.3, 0.4) is 0 Å². The van der Waals surface area contributed by atoms with Crippen LogP contribution < -0.4 is 0 Å². The van der Waals surface area contributed by atoms with Crippen molar-refractivity contribution < 1.29 is 24.3 Å². The SMILES string of the molecule is O=C(CCc1ccc(O)c([125I])c1)ON1C(=O)CCC1=O. The lowest BCUT2D eigenvalue weighted by atomic mass is 10.1. The van der Waals surface area contributed by atoms with Crippen molar-refractivity contribution in [1.82, 2.24) is 5.06 Å². The summed E-state index contributed by atoms with van der Waals surface area (Å²) in [6.07, 6.45) is 0.633. The molecule has 0 radical (unpaired) electrons. The van der Waals surface area contributed by atoms with Gasteiger partial charge in [0.05, 0.1) is 9.99 Å². The van der Waals surface area contributed by atoms with Crippen molar-refractivity contribution in [3.8, 4) is 5.75 Å². The van der Waals surface area contributed by atoms with Crippen molar-refractivity contribution in [2.24, 2.45) is 0 Å². The molecule has 7 heteroatoms. The van der Waals surface area contributed by atoms with E-state index in [1.807, 2.05) is 22.6 Å². The van der Waals surface area contributed by atoms with Gasteiger partial charge in [-0.2, -0.15) is 0 Å². The average Bonchev–Trinajstić information content (AvgIpc) is 2.72. The lowest BCUT2D eigenvalue weighted by Gasteiger charge is -2.12. The Labute approximate surface area is 128 Å². The molecule has 0 spiro atoms. The topological polar surface area (TPSA) is 83.9 Å². The molecule has 0 bridgehead atoms. The van der Waals surface area contributed by atoms with Crippen molar-refractivity contribution in [3.63, 3.8) is 0 Å². The molecule has 1 aliphatic heterocycles. The number of aryl methyl sites for hydroxylation is 1. The third-order valence-corrected chi connectivity index (χ3v) is 3.69. The number of phenols is 1. The highest BCUT2D eigenvalue weighted by molar-refractivity contribution is 14.1. The number of hydrogen-bond donors (Lipinski definition) is 1. The fourth-order valence-corrected chi connectivity index (χ4v) is 2.34. The molecule has 106 valence electrons. The summed E-state index contributed by atoms with van der Waals surface area (Å²) in [4.78, 5) is 38.9. The molecule has 2 amide bonds. The van der Waals surface area contributed by atoms with E-state index in [2.05, 4.69) is 0 Å². The van der Waals surface area contributed by atoms with E-state index < -0.39 is 17.8 Å². The molecule has 1 saturated heterocycles. The molecule has 0 aromatic heterocycles. The van der Waals surface area contributed by atoms with Crippen LogP contribution in [-0.4, -0.2) is 28.0 Å². The second-order valence-electron chi connectivity index (χ2n) is 4.33. The summed E-state index contributed by atoms with van der Waals surface area (Å²) in [5.74, 6) is -1.41. The number of amides is 2. The van der Waals surface area contributed by atoms with Gasteiger partial charge in [-0.15, -0.1) is 5.06 Å². The van der Waals surface area contributed by atoms with Crippen LogP contribution in [0.2, 0.25) is 0 Å². The van der Waals surface area contributed by atoms with Crippen molar-refractivity contribution in [1.29, 1.82) is 0 Å². The van der Waals surface area contributed by atoms with Crippen LogP contribution in [0.5, 0.6) is 5.75 Å². The van der Waals surface area contributed by atoms with Crippen molar-refractivity contribution in [2.45, 2.75) is 25.7 Å². The predicted octanol–water partition coefficient (Wildman–Crippen LogP) is 1.54. The Morgan fingerprint density at radius 2 is 1.95 bits per heavy atom. The number of rotatable bonds is 4. The van der Waals surface area contributed by atoms with E-state index >= 15 is 0 Å². The van der Waals surface area contributed by atoms with Gasteiger partial charge in [0.1, 0.15) is 5.75 Å². The Bertz CT molecular complexity index is 556. The smallest absolute Gasteiger partial charge is 0.333 e. The van der Waals surface area contributed by atoms with E-state index in [9.17, 15) is 19.5 Å². The first-order valence-corrected chi connectivity index (χ1v) is 7.09. The molecule has 0 atom stereocenters. The number of hydroxylamine groups is 2. The van der Waals surface area contributed by atoms with Crippen LogP contribution in [0, 0.1) is 3.57 Å². The molecule has 0 aliphatic carbocycles. The number of halogens is 1. The van der Waals surface area contributed by atoms with Gasteiger partial charge in [0.25, 0.3) is 11.8 Å². The molecule has 0 unspecified atom stereocenters. The third-order valence-electron chi connectivity index (χ3n) is 2.83. The predicted molar refractivity (Wildman–Crippen MR) is 76.3 cm³/mol. The first kappa shape index (κ1) is 14.8. The minimum absolute atomic E-state index is 0.0535. The maximum Gasteiger partial charge on any atom is 0.333 e. The van der Waals surface area contributed by atoms with E-state index in [4.69, 9.17) is 4.84 Å². The maximum absolute atomic E-state index is 11.6. The van der Waals surface area contributed by atoms with Gasteiger partial charge in [0.15, 0.2) is 0 Å². The van der Waals surface area contributed by atoms with Gasteiger partial charge in [-0.05, 0) is 46.7 Å². The van der Waals surface area contributed by atoms with Gasteiger partial charge in [-0.1, -0.05) is 6.07 Å². The molecule has 1 heterocycles. The Hall–Kier alpha value is -1.64. The van der Waals surface area contributed by atoms with E-state index in [0.29, 0.717) is 15.1 Å². The Kier molecular flexibility index (Phi) is 4.58. The van der Waals surface area contributed by atoms with Gasteiger partial charge < -0.3 is 9.94 Å². The molecular formula is C13H12INO5. The number of imide groups is 1. The van der Waals surface area contributed by atoms with E-state index in [-0.39, 0.29) is 25.0 Å². The molecule has 1 aromatic carbocycles. The van der Waals surface area contributed by atoms with Gasteiger partial charge in [0, 0.05) is 12.8 Å². The third kappa shape index (κ3) is 3.47. The standard InChI is InChI=1S/C13H12INO5/c14-9-7-8(1-3-10(9)16)2-6-13(19)20-15-11(17)4-5-12(15)18/h1,3,7,16H,2,4-6H2/i14-2. The number of nitrogens with zero attached hydrogens (tertiary/aromatic N) is 1. The number of carbonyl (C=O) groups excluding carboxylic acids is 3. The van der Waals surface area contributed by atoms with Gasteiger partial charge in [-0.25, -0.2) is 4.79 Å². The minimum atomic E-state index is -0.628. The molecular weight excluding hydrogens is 375 g/mol. The van der Waals surface area contributed by atoms with Crippen molar-refractivity contribution >= 4 is 40.4 Å². The second kappa shape index (κ2) is 6.21. The molecule has 1 aromatic rings. The van der Waals surface area contributed by atoms with Crippen LogP contribution >= 0.6 is 22.6 Å². The summed E-state index contributed by atoms with van der Waals surface area (Å²) in [6, 6.07) is 5.02.